The van der Waals surface area contributed by atoms with Crippen molar-refractivity contribution in [3.8, 4) is 6.07 Å². The summed E-state index contributed by atoms with van der Waals surface area (Å²) in [6.45, 7) is 2.15. The van der Waals surface area contributed by atoms with Crippen LogP contribution in [0.4, 0.5) is 10.7 Å². The normalized spacial score (nSPS) is 21.2. The lowest BCUT2D eigenvalue weighted by atomic mass is 10.2. The number of rotatable bonds is 3. The van der Waals surface area contributed by atoms with Crippen molar-refractivity contribution >= 4 is 27.9 Å². The van der Waals surface area contributed by atoms with E-state index in [1.807, 2.05) is 0 Å². The standard InChI is InChI=1S/C12H16N4OS/c1-6-4-8(6)15-11-7(5-13)9(14)10(18-11)12(17)16(2)3/h6,8,15H,4,14H2,1-3H3. The van der Waals surface area contributed by atoms with Crippen molar-refractivity contribution in [2.75, 3.05) is 25.1 Å². The highest BCUT2D eigenvalue weighted by molar-refractivity contribution is 7.18. The van der Waals surface area contributed by atoms with Gasteiger partial charge in [-0.25, -0.2) is 0 Å². The highest BCUT2D eigenvalue weighted by Crippen LogP contribution is 2.40. The zero-order valence-electron chi connectivity index (χ0n) is 10.7. The third kappa shape index (κ3) is 2.14. The van der Waals surface area contributed by atoms with Gasteiger partial charge in [0.1, 0.15) is 21.5 Å². The van der Waals surface area contributed by atoms with Gasteiger partial charge < -0.3 is 16.0 Å². The van der Waals surface area contributed by atoms with Crippen LogP contribution >= 0.6 is 11.3 Å². The molecular weight excluding hydrogens is 248 g/mol. The lowest BCUT2D eigenvalue weighted by molar-refractivity contribution is 0.0833. The van der Waals surface area contributed by atoms with Gasteiger partial charge in [-0.1, -0.05) is 6.92 Å². The first-order valence-electron chi connectivity index (χ1n) is 5.76. The minimum absolute atomic E-state index is 0.161. The Balaban J connectivity index is 2.33. The van der Waals surface area contributed by atoms with E-state index < -0.39 is 0 Å². The van der Waals surface area contributed by atoms with Gasteiger partial charge in [0.2, 0.25) is 0 Å². The zero-order valence-corrected chi connectivity index (χ0v) is 11.5. The fraction of sp³-hybridized carbons (Fsp3) is 0.500. The van der Waals surface area contributed by atoms with E-state index in [2.05, 4.69) is 18.3 Å². The van der Waals surface area contributed by atoms with Crippen LogP contribution in [0.25, 0.3) is 0 Å². The number of carbonyl (C=O) groups is 1. The van der Waals surface area contributed by atoms with E-state index in [9.17, 15) is 4.79 Å². The summed E-state index contributed by atoms with van der Waals surface area (Å²) in [5.74, 6) is 0.457. The van der Waals surface area contributed by atoms with Crippen LogP contribution in [0.2, 0.25) is 0 Å². The highest BCUT2D eigenvalue weighted by Gasteiger charge is 2.34. The van der Waals surface area contributed by atoms with Gasteiger partial charge in [0.15, 0.2) is 0 Å². The molecular formula is C12H16N4OS. The van der Waals surface area contributed by atoms with Crippen LogP contribution in [0, 0.1) is 17.2 Å². The first kappa shape index (κ1) is 12.7. The molecule has 2 unspecified atom stereocenters. The van der Waals surface area contributed by atoms with E-state index in [-0.39, 0.29) is 11.6 Å². The fourth-order valence-electron chi connectivity index (χ4n) is 1.71. The number of nitrogens with one attached hydrogen (secondary N) is 1. The largest absolute Gasteiger partial charge is 0.396 e. The molecule has 3 N–H and O–H groups in total. The van der Waals surface area contributed by atoms with E-state index in [4.69, 9.17) is 11.0 Å². The smallest absolute Gasteiger partial charge is 0.265 e. The average Bonchev–Trinajstić information content (AvgIpc) is 2.90. The lowest BCUT2D eigenvalue weighted by Gasteiger charge is -2.08. The fourth-order valence-corrected chi connectivity index (χ4v) is 2.86. The molecule has 1 heterocycles. The zero-order chi connectivity index (χ0) is 13.4. The molecule has 1 aliphatic carbocycles. The predicted molar refractivity (Wildman–Crippen MR) is 72.7 cm³/mol. The average molecular weight is 264 g/mol. The molecule has 0 saturated heterocycles. The molecule has 18 heavy (non-hydrogen) atoms. The SMILES string of the molecule is CC1CC1Nc1sc(C(=O)N(C)C)c(N)c1C#N. The molecule has 2 atom stereocenters. The number of nitrogen functional groups attached to an aromatic ring is 1. The summed E-state index contributed by atoms with van der Waals surface area (Å²) < 4.78 is 0. The summed E-state index contributed by atoms with van der Waals surface area (Å²) in [4.78, 5) is 13.8. The maximum Gasteiger partial charge on any atom is 0.265 e. The number of hydrogen-bond acceptors (Lipinski definition) is 5. The summed E-state index contributed by atoms with van der Waals surface area (Å²) in [7, 11) is 3.34. The Labute approximate surface area is 110 Å². The van der Waals surface area contributed by atoms with Gasteiger partial charge >= 0.3 is 0 Å². The second kappa shape index (κ2) is 4.50. The monoisotopic (exact) mass is 264 g/mol. The van der Waals surface area contributed by atoms with E-state index in [0.29, 0.717) is 22.4 Å². The van der Waals surface area contributed by atoms with Gasteiger partial charge in [0, 0.05) is 20.1 Å². The summed E-state index contributed by atoms with van der Waals surface area (Å²) in [5.41, 5.74) is 6.57. The number of hydrogen-bond donors (Lipinski definition) is 2. The molecule has 1 aromatic heterocycles. The predicted octanol–water partition coefficient (Wildman–Crippen LogP) is 1.72. The summed E-state index contributed by atoms with van der Waals surface area (Å²) in [6, 6.07) is 2.48. The van der Waals surface area contributed by atoms with Gasteiger partial charge in [-0.15, -0.1) is 11.3 Å². The topological polar surface area (TPSA) is 82.2 Å². The Morgan fingerprint density at radius 1 is 1.61 bits per heavy atom. The summed E-state index contributed by atoms with van der Waals surface area (Å²) in [6.07, 6.45) is 1.10. The van der Waals surface area contributed by atoms with E-state index in [0.717, 1.165) is 11.4 Å². The molecule has 0 aliphatic heterocycles. The van der Waals surface area contributed by atoms with Crippen LogP contribution in [0.5, 0.6) is 0 Å². The number of anilines is 2. The second-order valence-corrected chi connectivity index (χ2v) is 5.84. The van der Waals surface area contributed by atoms with Crippen molar-refractivity contribution in [2.24, 2.45) is 5.92 Å². The molecule has 6 heteroatoms. The Morgan fingerprint density at radius 3 is 2.67 bits per heavy atom. The third-order valence-electron chi connectivity index (χ3n) is 3.08. The number of amides is 1. The molecule has 5 nitrogen and oxygen atoms in total. The molecule has 1 fully saturated rings. The van der Waals surface area contributed by atoms with Crippen molar-refractivity contribution in [3.63, 3.8) is 0 Å². The first-order valence-corrected chi connectivity index (χ1v) is 6.58. The number of nitrogens with two attached hydrogens (primary N) is 1. The van der Waals surface area contributed by atoms with Crippen molar-refractivity contribution in [1.29, 1.82) is 5.26 Å². The molecule has 1 saturated carbocycles. The van der Waals surface area contributed by atoms with Gasteiger partial charge in [0.25, 0.3) is 5.91 Å². The second-order valence-electron chi connectivity index (χ2n) is 4.82. The molecule has 1 amide bonds. The lowest BCUT2D eigenvalue weighted by Crippen LogP contribution is -2.21. The molecule has 1 aromatic rings. The molecule has 96 valence electrons. The quantitative estimate of drug-likeness (QED) is 0.871. The summed E-state index contributed by atoms with van der Waals surface area (Å²) in [5, 5.41) is 13.1. The number of carbonyl (C=O) groups excluding carboxylic acids is 1. The molecule has 2 rings (SSSR count). The molecule has 0 spiro atoms. The van der Waals surface area contributed by atoms with Crippen LogP contribution in [0.1, 0.15) is 28.6 Å². The van der Waals surface area contributed by atoms with Crippen LogP contribution < -0.4 is 11.1 Å². The van der Waals surface area contributed by atoms with Crippen molar-refractivity contribution in [3.05, 3.63) is 10.4 Å². The third-order valence-corrected chi connectivity index (χ3v) is 4.21. The van der Waals surface area contributed by atoms with Crippen molar-refractivity contribution in [2.45, 2.75) is 19.4 Å². The number of thiophene rings is 1. The highest BCUT2D eigenvalue weighted by atomic mass is 32.1. The van der Waals surface area contributed by atoms with Crippen LogP contribution in [0.3, 0.4) is 0 Å². The summed E-state index contributed by atoms with van der Waals surface area (Å²) >= 11 is 1.27. The van der Waals surface area contributed by atoms with Gasteiger partial charge in [-0.05, 0) is 12.3 Å². The van der Waals surface area contributed by atoms with E-state index in [1.54, 1.807) is 14.1 Å². The number of nitrogens with zero attached hydrogens (tertiary/aromatic N) is 2. The van der Waals surface area contributed by atoms with E-state index >= 15 is 0 Å². The Morgan fingerprint density at radius 2 is 2.22 bits per heavy atom. The van der Waals surface area contributed by atoms with Crippen molar-refractivity contribution < 1.29 is 4.79 Å². The Bertz CT molecular complexity index is 529. The molecule has 0 radical (unpaired) electrons. The van der Waals surface area contributed by atoms with Crippen LogP contribution in [-0.2, 0) is 0 Å². The maximum atomic E-state index is 11.9. The van der Waals surface area contributed by atoms with Gasteiger partial charge in [0.05, 0.1) is 5.69 Å². The van der Waals surface area contributed by atoms with Crippen molar-refractivity contribution in [1.82, 2.24) is 4.90 Å². The minimum Gasteiger partial charge on any atom is -0.396 e. The maximum absolute atomic E-state index is 11.9. The van der Waals surface area contributed by atoms with Crippen LogP contribution in [0.15, 0.2) is 0 Å². The van der Waals surface area contributed by atoms with Crippen LogP contribution in [-0.4, -0.2) is 30.9 Å². The Hall–Kier alpha value is -1.74. The first-order chi connectivity index (χ1) is 8.45. The van der Waals surface area contributed by atoms with E-state index in [1.165, 1.54) is 16.2 Å². The Kier molecular flexibility index (Phi) is 3.18. The molecule has 0 aromatic carbocycles. The van der Waals surface area contributed by atoms with Gasteiger partial charge in [-0.3, -0.25) is 4.79 Å². The molecule has 1 aliphatic rings. The number of nitriles is 1. The minimum atomic E-state index is -0.161. The molecule has 0 bridgehead atoms. The van der Waals surface area contributed by atoms with Gasteiger partial charge in [-0.2, -0.15) is 5.26 Å².